The van der Waals surface area contributed by atoms with Gasteiger partial charge in [0.2, 0.25) is 0 Å². The van der Waals surface area contributed by atoms with Gasteiger partial charge in [-0.1, -0.05) is 97.1 Å². The van der Waals surface area contributed by atoms with Crippen molar-refractivity contribution >= 4 is 33.6 Å². The van der Waals surface area contributed by atoms with Gasteiger partial charge in [0.1, 0.15) is 0 Å². The second-order valence-corrected chi connectivity index (χ2v) is 20.5. The Kier molecular flexibility index (Phi) is 11.6. The Balaban J connectivity index is 0.720. The molecule has 5 aromatic rings. The van der Waals surface area contributed by atoms with Gasteiger partial charge in [-0.05, 0) is 183 Å². The Morgan fingerprint density at radius 1 is 0.438 bits per heavy atom. The molecule has 334 valence electrons. The fraction of sp³-hybridized carbons (Fsp3) is 0.500. The molecule has 4 bridgehead atoms. The van der Waals surface area contributed by atoms with Crippen LogP contribution in [0.15, 0.2) is 97.1 Å². The zero-order chi connectivity index (χ0) is 43.3. The van der Waals surface area contributed by atoms with Crippen molar-refractivity contribution in [2.24, 2.45) is 23.3 Å². The molecule has 4 fully saturated rings. The van der Waals surface area contributed by atoms with Crippen molar-refractivity contribution in [3.8, 4) is 0 Å². The van der Waals surface area contributed by atoms with Gasteiger partial charge in [0.25, 0.3) is 0 Å². The summed E-state index contributed by atoms with van der Waals surface area (Å²) in [5, 5.41) is 4.90. The molecule has 6 aliphatic rings. The highest BCUT2D eigenvalue weighted by Crippen LogP contribution is 2.54. The van der Waals surface area contributed by atoms with E-state index in [1.807, 2.05) is 9.80 Å². The van der Waals surface area contributed by atoms with E-state index in [-0.39, 0.29) is 24.1 Å². The SMILES string of the molecule is NC(=O)N(CCc1c2ccccc2c(CCN(C(N)=O)C2CCC(CCN3[C@@H]4CC[C@H]3c3ccccc34)CC2)c2ccccc12)C1CCC(CCN2[C@@H]3CC[C@H]2c2ccccc23)CC1. The lowest BCUT2D eigenvalue weighted by atomic mass is 9.83. The lowest BCUT2D eigenvalue weighted by molar-refractivity contribution is 0.139. The summed E-state index contributed by atoms with van der Waals surface area (Å²) in [6.45, 7) is 3.57. The number of urea groups is 2. The zero-order valence-corrected chi connectivity index (χ0v) is 37.8. The number of nitrogens with zero attached hydrogens (tertiary/aromatic N) is 4. The molecule has 0 spiro atoms. The molecule has 4 N–H and O–H groups in total. The molecule has 4 heterocycles. The van der Waals surface area contributed by atoms with Crippen LogP contribution in [0, 0.1) is 11.8 Å². The Morgan fingerprint density at radius 3 is 1.03 bits per heavy atom. The minimum atomic E-state index is -0.301. The Bertz CT molecular complexity index is 2210. The highest BCUT2D eigenvalue weighted by atomic mass is 16.2. The molecule has 0 unspecified atom stereocenters. The third-order valence-corrected chi connectivity index (χ3v) is 17.5. The maximum absolute atomic E-state index is 13.2. The molecule has 4 atom stereocenters. The van der Waals surface area contributed by atoms with Crippen LogP contribution in [0.3, 0.4) is 0 Å². The first kappa shape index (κ1) is 41.8. The third-order valence-electron chi connectivity index (χ3n) is 17.5. The molecule has 4 amide bonds. The maximum Gasteiger partial charge on any atom is 0.315 e. The molecule has 2 saturated heterocycles. The molecule has 8 heteroatoms. The van der Waals surface area contributed by atoms with Gasteiger partial charge >= 0.3 is 12.1 Å². The van der Waals surface area contributed by atoms with Crippen LogP contribution in [0.1, 0.15) is 147 Å². The van der Waals surface area contributed by atoms with Crippen molar-refractivity contribution in [1.82, 2.24) is 19.6 Å². The summed E-state index contributed by atoms with van der Waals surface area (Å²) in [7, 11) is 0. The second kappa shape index (κ2) is 17.8. The Labute approximate surface area is 380 Å². The number of fused-ring (bicyclic) bond motifs is 12. The van der Waals surface area contributed by atoms with E-state index in [1.165, 1.54) is 84.3 Å². The van der Waals surface area contributed by atoms with Crippen LogP contribution in [0.2, 0.25) is 0 Å². The number of benzene rings is 5. The third kappa shape index (κ3) is 7.66. The number of primary amides is 2. The number of nitrogens with two attached hydrogens (primary N) is 2. The van der Waals surface area contributed by atoms with E-state index in [1.54, 1.807) is 22.3 Å². The first-order valence-electron chi connectivity index (χ1n) is 25.1. The Hall–Kier alpha value is -4.92. The van der Waals surface area contributed by atoms with E-state index < -0.39 is 0 Å². The van der Waals surface area contributed by atoms with E-state index in [9.17, 15) is 9.59 Å². The Morgan fingerprint density at radius 2 is 0.734 bits per heavy atom. The molecule has 2 aliphatic carbocycles. The molecule has 4 aliphatic heterocycles. The highest BCUT2D eigenvalue weighted by molar-refractivity contribution is 6.06. The average molecular weight is 857 g/mol. The zero-order valence-electron chi connectivity index (χ0n) is 37.8. The van der Waals surface area contributed by atoms with E-state index in [4.69, 9.17) is 11.5 Å². The van der Waals surface area contributed by atoms with Crippen molar-refractivity contribution in [2.45, 2.75) is 139 Å². The lowest BCUT2D eigenvalue weighted by Crippen LogP contribution is -2.46. The van der Waals surface area contributed by atoms with Crippen LogP contribution in [0.5, 0.6) is 0 Å². The topological polar surface area (TPSA) is 99.1 Å². The van der Waals surface area contributed by atoms with E-state index in [0.717, 1.165) is 64.2 Å². The smallest absolute Gasteiger partial charge is 0.315 e. The quantitative estimate of drug-likeness (QED) is 0.109. The van der Waals surface area contributed by atoms with Gasteiger partial charge < -0.3 is 21.3 Å². The molecule has 11 rings (SSSR count). The first-order chi connectivity index (χ1) is 31.4. The summed E-state index contributed by atoms with van der Waals surface area (Å²) < 4.78 is 0. The number of carbonyl (C=O) groups excluding carboxylic acids is 2. The standard InChI is InChI=1S/C56H68N6O2/c57-55(63)59(39-21-17-37(18-22-39)29-33-61-51-25-26-52(61)48-14-6-5-13-47(48)51)35-31-45-41-9-1-2-10-42(41)46(44-12-4-3-11-43(44)45)32-36-60(56(58)64)40-23-19-38(20-24-40)30-34-62-53-27-28-54(62)50-16-8-7-15-49(50)53/h1-16,37-40,51-54H,17-36H2,(H2,57,63)(H2,58,64)/t37?,38?,39?,40?,51-,52+,53-,54+. The van der Waals surface area contributed by atoms with Crippen molar-refractivity contribution in [1.29, 1.82) is 0 Å². The molecule has 2 saturated carbocycles. The summed E-state index contributed by atoms with van der Waals surface area (Å²) in [4.78, 5) is 35.9. The average Bonchev–Trinajstić information content (AvgIpc) is 4.09. The highest BCUT2D eigenvalue weighted by Gasteiger charge is 2.45. The van der Waals surface area contributed by atoms with Gasteiger partial charge in [0.15, 0.2) is 0 Å². The molecule has 8 nitrogen and oxygen atoms in total. The summed E-state index contributed by atoms with van der Waals surface area (Å²) in [5.41, 5.74) is 21.2. The molecule has 5 aromatic carbocycles. The summed E-state index contributed by atoms with van der Waals surface area (Å²) in [6.07, 6.45) is 17.8. The fourth-order valence-corrected chi connectivity index (χ4v) is 14.3. The van der Waals surface area contributed by atoms with Gasteiger partial charge in [-0.2, -0.15) is 0 Å². The minimum Gasteiger partial charge on any atom is -0.351 e. The van der Waals surface area contributed by atoms with E-state index in [2.05, 4.69) is 107 Å². The normalized spacial score (nSPS) is 27.2. The molecule has 0 radical (unpaired) electrons. The van der Waals surface area contributed by atoms with Gasteiger partial charge in [-0.15, -0.1) is 0 Å². The van der Waals surface area contributed by atoms with Crippen LogP contribution in [0.25, 0.3) is 21.5 Å². The molecule has 64 heavy (non-hydrogen) atoms. The largest absolute Gasteiger partial charge is 0.351 e. The number of rotatable bonds is 14. The van der Waals surface area contributed by atoms with Crippen molar-refractivity contribution in [3.05, 3.63) is 130 Å². The minimum absolute atomic E-state index is 0.186. The van der Waals surface area contributed by atoms with Gasteiger partial charge in [-0.3, -0.25) is 9.80 Å². The molecule has 0 aromatic heterocycles. The number of hydrogen-bond donors (Lipinski definition) is 2. The fourth-order valence-electron chi connectivity index (χ4n) is 14.3. The van der Waals surface area contributed by atoms with Gasteiger partial charge in [0, 0.05) is 49.3 Å². The van der Waals surface area contributed by atoms with Crippen LogP contribution in [-0.4, -0.2) is 69.9 Å². The van der Waals surface area contributed by atoms with Crippen LogP contribution in [-0.2, 0) is 12.8 Å². The molecular formula is C56H68N6O2. The van der Waals surface area contributed by atoms with Crippen molar-refractivity contribution in [3.63, 3.8) is 0 Å². The van der Waals surface area contributed by atoms with Gasteiger partial charge in [-0.25, -0.2) is 9.59 Å². The van der Waals surface area contributed by atoms with Crippen molar-refractivity contribution in [2.75, 3.05) is 26.2 Å². The predicted octanol–water partition coefficient (Wildman–Crippen LogP) is 11.5. The monoisotopic (exact) mass is 857 g/mol. The number of amides is 4. The summed E-state index contributed by atoms with van der Waals surface area (Å²) in [5.74, 6) is 1.41. The summed E-state index contributed by atoms with van der Waals surface area (Å²) >= 11 is 0. The lowest BCUT2D eigenvalue weighted by Gasteiger charge is -2.37. The second-order valence-electron chi connectivity index (χ2n) is 20.5. The maximum atomic E-state index is 13.2. The van der Waals surface area contributed by atoms with E-state index in [0.29, 0.717) is 49.1 Å². The van der Waals surface area contributed by atoms with E-state index >= 15 is 0 Å². The number of carbonyl (C=O) groups is 2. The molecular weight excluding hydrogens is 789 g/mol. The van der Waals surface area contributed by atoms with Crippen molar-refractivity contribution < 1.29 is 9.59 Å². The van der Waals surface area contributed by atoms with Crippen LogP contribution in [0.4, 0.5) is 9.59 Å². The summed E-state index contributed by atoms with van der Waals surface area (Å²) in [6, 6.07) is 37.9. The van der Waals surface area contributed by atoms with Crippen LogP contribution >= 0.6 is 0 Å². The van der Waals surface area contributed by atoms with Gasteiger partial charge in [0.05, 0.1) is 0 Å². The first-order valence-corrected chi connectivity index (χ1v) is 25.1. The predicted molar refractivity (Wildman–Crippen MR) is 258 cm³/mol. The number of hydrogen-bond acceptors (Lipinski definition) is 4. The van der Waals surface area contributed by atoms with Crippen LogP contribution < -0.4 is 11.5 Å².